The van der Waals surface area contributed by atoms with Gasteiger partial charge in [-0.25, -0.2) is 0 Å². The Morgan fingerprint density at radius 3 is 1.92 bits per heavy atom. The topological polar surface area (TPSA) is 46.2 Å². The standard InChI is InChI=1S/C22H26O5S.2C4H9.Sn/c1-2-28-22-21(26-15-17-11-7-4-8-12-17)20(19(24)18(13-23)27-22)25-14-16-9-5-3-6-10-16;2*1-3-4-2;/h3-12,18-22H,2,13-15H2,1H3;2*1,3-4H2,2H3;/q-2;;;+2/t18-,19-,20+,21-,22+;;;/m1.../s1. The van der Waals surface area contributed by atoms with E-state index in [1.54, 1.807) is 11.8 Å². The number of benzene rings is 2. The van der Waals surface area contributed by atoms with Crippen LogP contribution in [0.3, 0.4) is 0 Å². The van der Waals surface area contributed by atoms with E-state index in [0.29, 0.717) is 19.8 Å². The number of hydrogen-bond acceptors (Lipinski definition) is 6. The van der Waals surface area contributed by atoms with Gasteiger partial charge in [0.2, 0.25) is 0 Å². The molecule has 2 heterocycles. The Hall–Kier alpha value is -0.611. The van der Waals surface area contributed by atoms with Crippen LogP contribution in [0.2, 0.25) is 8.87 Å². The zero-order valence-corrected chi connectivity index (χ0v) is 26.4. The first-order valence-corrected chi connectivity index (χ1v) is 21.5. The van der Waals surface area contributed by atoms with Gasteiger partial charge in [-0.15, -0.1) is 0 Å². The number of thioether (sulfide) groups is 1. The van der Waals surface area contributed by atoms with Gasteiger partial charge in [-0.3, -0.25) is 0 Å². The van der Waals surface area contributed by atoms with E-state index >= 15 is 0 Å². The Labute approximate surface area is 232 Å². The van der Waals surface area contributed by atoms with Crippen molar-refractivity contribution < 1.29 is 20.4 Å². The fourth-order valence-corrected chi connectivity index (χ4v) is 17.2. The summed E-state index contributed by atoms with van der Waals surface area (Å²) < 4.78 is 36.1. The van der Waals surface area contributed by atoms with Gasteiger partial charge in [0.15, 0.2) is 0 Å². The predicted molar refractivity (Wildman–Crippen MR) is 153 cm³/mol. The van der Waals surface area contributed by atoms with Crippen LogP contribution in [0.4, 0.5) is 0 Å². The van der Waals surface area contributed by atoms with Crippen molar-refractivity contribution in [1.82, 2.24) is 0 Å². The molecule has 2 aromatic carbocycles. The summed E-state index contributed by atoms with van der Waals surface area (Å²) in [5.41, 5.74) is 2.18. The molecule has 2 aliphatic heterocycles. The van der Waals surface area contributed by atoms with Crippen LogP contribution in [0.25, 0.3) is 0 Å². The minimum atomic E-state index is -3.27. The summed E-state index contributed by atoms with van der Waals surface area (Å²) >= 11 is -1.49. The van der Waals surface area contributed by atoms with Crippen molar-refractivity contribution in [2.45, 2.75) is 98.4 Å². The van der Waals surface area contributed by atoms with Crippen LogP contribution in [0.1, 0.15) is 57.6 Å². The molecule has 0 saturated carbocycles. The molecule has 4 rings (SSSR count). The molecule has 2 aliphatic rings. The van der Waals surface area contributed by atoms with Gasteiger partial charge in [-0.2, -0.15) is 0 Å². The summed E-state index contributed by atoms with van der Waals surface area (Å²) in [6, 6.07) is 20.8. The van der Waals surface area contributed by atoms with E-state index in [9.17, 15) is 0 Å². The van der Waals surface area contributed by atoms with Crippen molar-refractivity contribution in [3.05, 3.63) is 71.8 Å². The van der Waals surface area contributed by atoms with Crippen LogP contribution in [-0.4, -0.2) is 61.4 Å². The van der Waals surface area contributed by atoms with Crippen molar-refractivity contribution in [1.29, 1.82) is 0 Å². The number of fused-ring (bicyclic) bond motifs is 1. The molecule has 0 aliphatic carbocycles. The second-order valence-corrected chi connectivity index (χ2v) is 21.0. The minimum absolute atomic E-state index is 0.128. The van der Waals surface area contributed by atoms with Crippen LogP contribution in [0.5, 0.6) is 0 Å². The van der Waals surface area contributed by atoms with E-state index in [0.717, 1.165) is 51.4 Å². The second kappa shape index (κ2) is 15.2. The van der Waals surface area contributed by atoms with E-state index in [1.807, 2.05) is 12.1 Å². The molecule has 0 N–H and O–H groups in total. The Balaban J connectivity index is 1.60. The zero-order valence-electron chi connectivity index (χ0n) is 22.7. The van der Waals surface area contributed by atoms with Gasteiger partial charge in [-0.05, 0) is 0 Å². The zero-order chi connectivity index (χ0) is 25.9. The Morgan fingerprint density at radius 2 is 1.38 bits per heavy atom. The van der Waals surface area contributed by atoms with E-state index in [2.05, 4.69) is 69.3 Å². The molecule has 7 heteroatoms. The molecular formula is C30H44O5SSn. The Morgan fingerprint density at radius 1 is 0.811 bits per heavy atom. The first-order valence-electron chi connectivity index (χ1n) is 14.1. The van der Waals surface area contributed by atoms with Crippen LogP contribution in [0, 0.1) is 0 Å². The molecule has 0 spiro atoms. The normalized spacial score (nSPS) is 27.1. The van der Waals surface area contributed by atoms with Crippen LogP contribution < -0.4 is 0 Å². The van der Waals surface area contributed by atoms with Gasteiger partial charge in [0.1, 0.15) is 0 Å². The van der Waals surface area contributed by atoms with E-state index in [1.165, 1.54) is 0 Å². The van der Waals surface area contributed by atoms with Crippen LogP contribution in [-0.2, 0) is 33.6 Å². The average Bonchev–Trinajstić information content (AvgIpc) is 2.94. The maximum atomic E-state index is 7.14. The predicted octanol–water partition coefficient (Wildman–Crippen LogP) is 7.09. The molecule has 2 aromatic rings. The van der Waals surface area contributed by atoms with Gasteiger partial charge in [0, 0.05) is 0 Å². The molecule has 0 bridgehead atoms. The summed E-state index contributed by atoms with van der Waals surface area (Å²) in [7, 11) is 0. The maximum absolute atomic E-state index is 7.14. The Kier molecular flexibility index (Phi) is 12.1. The van der Waals surface area contributed by atoms with Gasteiger partial charge in [0.25, 0.3) is 0 Å². The molecule has 37 heavy (non-hydrogen) atoms. The molecule has 2 saturated heterocycles. The van der Waals surface area contributed by atoms with E-state index in [-0.39, 0.29) is 29.9 Å². The van der Waals surface area contributed by atoms with E-state index < -0.39 is 19.2 Å². The molecule has 204 valence electrons. The summed E-state index contributed by atoms with van der Waals surface area (Å²) in [4.78, 5) is 0. The monoisotopic (exact) mass is 636 g/mol. The molecular weight excluding hydrogens is 591 g/mol. The third-order valence-electron chi connectivity index (χ3n) is 7.18. The molecule has 0 aromatic heterocycles. The molecule has 2 fully saturated rings. The van der Waals surface area contributed by atoms with Gasteiger partial charge in [0.05, 0.1) is 0 Å². The second-order valence-electron chi connectivity index (χ2n) is 10.0. The van der Waals surface area contributed by atoms with Gasteiger partial charge >= 0.3 is 234 Å². The summed E-state index contributed by atoms with van der Waals surface area (Å²) in [5.74, 6) is 0.941. The van der Waals surface area contributed by atoms with Crippen molar-refractivity contribution in [2.24, 2.45) is 0 Å². The third-order valence-corrected chi connectivity index (χ3v) is 18.6. The average molecular weight is 635 g/mol. The number of unbranched alkanes of at least 4 members (excludes halogenated alkanes) is 2. The van der Waals surface area contributed by atoms with Crippen LogP contribution >= 0.6 is 11.8 Å². The SMILES string of the molecule is CCC[CH2][Sn]1([CH2]CCC)[O]C[C@H]2O[C@@H](SCC)[C@H](OCc3ccccc3)[C@@H](OCc3ccccc3)[C@@H]2[O]1. The number of ether oxygens (including phenoxy) is 3. The summed E-state index contributed by atoms with van der Waals surface area (Å²) in [6.45, 7) is 8.33. The van der Waals surface area contributed by atoms with Crippen molar-refractivity contribution in [3.8, 4) is 0 Å². The molecule has 5 atom stereocenters. The fraction of sp³-hybridized carbons (Fsp3) is 0.600. The molecule has 0 unspecified atom stereocenters. The quantitative estimate of drug-likeness (QED) is 0.207. The van der Waals surface area contributed by atoms with E-state index in [4.69, 9.17) is 20.4 Å². The van der Waals surface area contributed by atoms with Crippen molar-refractivity contribution in [2.75, 3.05) is 12.4 Å². The molecule has 5 nitrogen and oxygen atoms in total. The van der Waals surface area contributed by atoms with Crippen molar-refractivity contribution in [3.63, 3.8) is 0 Å². The first-order chi connectivity index (χ1) is 18.2. The fourth-order valence-electron chi connectivity index (χ4n) is 5.15. The third kappa shape index (κ3) is 8.19. The number of rotatable bonds is 14. The molecule has 0 amide bonds. The van der Waals surface area contributed by atoms with Gasteiger partial charge < -0.3 is 0 Å². The number of hydrogen-bond donors (Lipinski definition) is 0. The van der Waals surface area contributed by atoms with Crippen molar-refractivity contribution >= 4 is 31.0 Å². The summed E-state index contributed by atoms with van der Waals surface area (Å²) in [5, 5.41) is 0. The van der Waals surface area contributed by atoms with Crippen LogP contribution in [0.15, 0.2) is 60.7 Å². The summed E-state index contributed by atoms with van der Waals surface area (Å²) in [6.07, 6.45) is 3.92. The Bertz CT molecular complexity index is 893. The van der Waals surface area contributed by atoms with Gasteiger partial charge in [-0.1, -0.05) is 0 Å². The first kappa shape index (κ1) is 29.4. The molecule has 0 radical (unpaired) electrons.